The van der Waals surface area contributed by atoms with Gasteiger partial charge in [-0.25, -0.2) is 0 Å². The average molecular weight is 397 g/mol. The maximum absolute atomic E-state index is 13.2. The number of carbonyl (C=O) groups excluding carboxylic acids is 2. The second-order valence-corrected chi connectivity index (χ2v) is 7.37. The lowest BCUT2D eigenvalue weighted by Gasteiger charge is -2.43. The van der Waals surface area contributed by atoms with Crippen LogP contribution in [0.25, 0.3) is 11.1 Å². The van der Waals surface area contributed by atoms with Crippen molar-refractivity contribution in [2.24, 2.45) is 0 Å². The van der Waals surface area contributed by atoms with E-state index in [1.165, 1.54) is 12.0 Å². The number of benzene rings is 1. The molecule has 0 aliphatic carbocycles. The topological polar surface area (TPSA) is 72.0 Å². The molecule has 7 heteroatoms. The average Bonchev–Trinajstić information content (AvgIpc) is 2.74. The monoisotopic (exact) mass is 397 g/mol. The van der Waals surface area contributed by atoms with Crippen LogP contribution in [0.3, 0.4) is 0 Å². The van der Waals surface area contributed by atoms with Crippen molar-refractivity contribution >= 4 is 11.8 Å². The Bertz CT molecular complexity index is 856. The van der Waals surface area contributed by atoms with Crippen LogP contribution in [0.4, 0.5) is 0 Å². The number of nitrogens with zero attached hydrogens (tertiary/aromatic N) is 3. The molecule has 1 aromatic heterocycles. The van der Waals surface area contributed by atoms with Gasteiger partial charge in [-0.05, 0) is 17.2 Å². The van der Waals surface area contributed by atoms with Gasteiger partial charge in [-0.1, -0.05) is 30.3 Å². The van der Waals surface area contributed by atoms with Crippen LogP contribution < -0.4 is 0 Å². The number of amides is 2. The number of ether oxygens (including phenoxy) is 2. The molecule has 1 aromatic carbocycles. The highest BCUT2D eigenvalue weighted by Gasteiger charge is 2.46. The van der Waals surface area contributed by atoms with Crippen molar-refractivity contribution in [2.75, 3.05) is 47.5 Å². The van der Waals surface area contributed by atoms with Crippen molar-refractivity contribution in [3.8, 4) is 11.1 Å². The molecule has 29 heavy (non-hydrogen) atoms. The van der Waals surface area contributed by atoms with Crippen LogP contribution in [0.5, 0.6) is 0 Å². The fraction of sp³-hybridized carbons (Fsp3) is 0.409. The van der Waals surface area contributed by atoms with Gasteiger partial charge in [0, 0.05) is 52.1 Å². The van der Waals surface area contributed by atoms with Gasteiger partial charge in [0.15, 0.2) is 5.60 Å². The third-order valence-corrected chi connectivity index (χ3v) is 5.07. The molecule has 1 aliphatic heterocycles. The Morgan fingerprint density at radius 3 is 2.72 bits per heavy atom. The standard InChI is InChI=1S/C22H27N3O4/c1-24(2)21(27)22(16-25(11-12-29-22)20(26)15-28-3)13-17-7-4-5-9-19(17)18-8-6-10-23-14-18/h4-10,14H,11-13,15-16H2,1-3H3/t22-/m0/s1. The zero-order valence-corrected chi connectivity index (χ0v) is 17.1. The lowest BCUT2D eigenvalue weighted by Crippen LogP contribution is -2.62. The number of pyridine rings is 1. The van der Waals surface area contributed by atoms with Gasteiger partial charge < -0.3 is 19.3 Å². The van der Waals surface area contributed by atoms with Gasteiger partial charge in [-0.15, -0.1) is 0 Å². The number of rotatable bonds is 6. The van der Waals surface area contributed by atoms with E-state index >= 15 is 0 Å². The van der Waals surface area contributed by atoms with E-state index in [1.807, 2.05) is 36.4 Å². The molecule has 2 heterocycles. The molecule has 2 amide bonds. The first-order valence-electron chi connectivity index (χ1n) is 9.57. The molecule has 0 N–H and O–H groups in total. The molecule has 1 aliphatic rings. The smallest absolute Gasteiger partial charge is 0.256 e. The normalized spacial score (nSPS) is 19.1. The minimum Gasteiger partial charge on any atom is -0.375 e. The van der Waals surface area contributed by atoms with E-state index in [-0.39, 0.29) is 25.0 Å². The van der Waals surface area contributed by atoms with Crippen molar-refractivity contribution in [3.05, 3.63) is 54.4 Å². The van der Waals surface area contributed by atoms with Crippen molar-refractivity contribution in [1.29, 1.82) is 0 Å². The predicted octanol–water partition coefficient (Wildman–Crippen LogP) is 1.62. The fourth-order valence-electron chi connectivity index (χ4n) is 3.72. The largest absolute Gasteiger partial charge is 0.375 e. The van der Waals surface area contributed by atoms with E-state index in [9.17, 15) is 9.59 Å². The first-order valence-corrected chi connectivity index (χ1v) is 9.57. The molecule has 7 nitrogen and oxygen atoms in total. The van der Waals surface area contributed by atoms with Crippen LogP contribution in [0, 0.1) is 0 Å². The van der Waals surface area contributed by atoms with E-state index in [4.69, 9.17) is 9.47 Å². The second-order valence-electron chi connectivity index (χ2n) is 7.37. The summed E-state index contributed by atoms with van der Waals surface area (Å²) in [5.74, 6) is -0.305. The Morgan fingerprint density at radius 1 is 1.24 bits per heavy atom. The quantitative estimate of drug-likeness (QED) is 0.741. The molecule has 0 bridgehead atoms. The molecule has 1 saturated heterocycles. The summed E-state index contributed by atoms with van der Waals surface area (Å²) in [6.45, 7) is 0.908. The van der Waals surface area contributed by atoms with Crippen molar-refractivity contribution in [1.82, 2.24) is 14.8 Å². The number of methoxy groups -OCH3 is 1. The van der Waals surface area contributed by atoms with Crippen LogP contribution >= 0.6 is 0 Å². The van der Waals surface area contributed by atoms with Crippen molar-refractivity contribution < 1.29 is 19.1 Å². The minimum absolute atomic E-state index is 0.0154. The van der Waals surface area contributed by atoms with Gasteiger partial charge in [0.1, 0.15) is 6.61 Å². The number of carbonyl (C=O) groups is 2. The molecule has 3 rings (SSSR count). The summed E-state index contributed by atoms with van der Waals surface area (Å²) in [7, 11) is 4.90. The van der Waals surface area contributed by atoms with Crippen LogP contribution in [0.15, 0.2) is 48.8 Å². The lowest BCUT2D eigenvalue weighted by molar-refractivity contribution is -0.173. The van der Waals surface area contributed by atoms with Crippen LogP contribution in [0.1, 0.15) is 5.56 Å². The first-order chi connectivity index (χ1) is 14.0. The third-order valence-electron chi connectivity index (χ3n) is 5.07. The molecular weight excluding hydrogens is 370 g/mol. The van der Waals surface area contributed by atoms with Gasteiger partial charge in [0.05, 0.1) is 13.2 Å². The molecular formula is C22H27N3O4. The molecule has 2 aromatic rings. The Labute approximate surface area is 171 Å². The molecule has 0 radical (unpaired) electrons. The first kappa shape index (κ1) is 21.0. The molecule has 0 spiro atoms. The van der Waals surface area contributed by atoms with Crippen molar-refractivity contribution in [2.45, 2.75) is 12.0 Å². The van der Waals surface area contributed by atoms with Gasteiger partial charge in [-0.2, -0.15) is 0 Å². The van der Waals surface area contributed by atoms with E-state index in [0.717, 1.165) is 16.7 Å². The Hall–Kier alpha value is -2.77. The number of morpholine rings is 1. The number of aromatic nitrogens is 1. The number of hydrogen-bond acceptors (Lipinski definition) is 5. The molecule has 0 saturated carbocycles. The zero-order valence-electron chi connectivity index (χ0n) is 17.1. The highest BCUT2D eigenvalue weighted by atomic mass is 16.5. The predicted molar refractivity (Wildman–Crippen MR) is 109 cm³/mol. The molecule has 1 atom stereocenters. The minimum atomic E-state index is -1.15. The summed E-state index contributed by atoms with van der Waals surface area (Å²) in [4.78, 5) is 33.0. The second kappa shape index (κ2) is 9.15. The maximum Gasteiger partial charge on any atom is 0.256 e. The van der Waals surface area contributed by atoms with Crippen molar-refractivity contribution in [3.63, 3.8) is 0 Å². The number of hydrogen-bond donors (Lipinski definition) is 0. The highest BCUT2D eigenvalue weighted by molar-refractivity contribution is 5.87. The number of likely N-dealkylation sites (N-methyl/N-ethyl adjacent to an activating group) is 1. The molecule has 1 fully saturated rings. The van der Waals surface area contributed by atoms with E-state index in [2.05, 4.69) is 4.98 Å². The molecule has 154 valence electrons. The van der Waals surface area contributed by atoms with Gasteiger partial charge >= 0.3 is 0 Å². The Kier molecular flexibility index (Phi) is 6.61. The van der Waals surface area contributed by atoms with Gasteiger partial charge in [0.2, 0.25) is 5.91 Å². The summed E-state index contributed by atoms with van der Waals surface area (Å²) in [5, 5.41) is 0. The highest BCUT2D eigenvalue weighted by Crippen LogP contribution is 2.31. The van der Waals surface area contributed by atoms with E-state index < -0.39 is 5.60 Å². The summed E-state index contributed by atoms with van der Waals surface area (Å²) in [6.07, 6.45) is 3.88. The fourth-order valence-corrected chi connectivity index (χ4v) is 3.72. The Morgan fingerprint density at radius 2 is 2.03 bits per heavy atom. The van der Waals surface area contributed by atoms with E-state index in [0.29, 0.717) is 19.6 Å². The Balaban J connectivity index is 1.98. The van der Waals surface area contributed by atoms with Crippen LogP contribution in [0.2, 0.25) is 0 Å². The zero-order chi connectivity index (χ0) is 20.9. The summed E-state index contributed by atoms with van der Waals surface area (Å²) < 4.78 is 11.1. The maximum atomic E-state index is 13.2. The van der Waals surface area contributed by atoms with Crippen LogP contribution in [-0.2, 0) is 25.5 Å². The van der Waals surface area contributed by atoms with Gasteiger partial charge in [0.25, 0.3) is 5.91 Å². The lowest BCUT2D eigenvalue weighted by atomic mass is 9.87. The van der Waals surface area contributed by atoms with Gasteiger partial charge in [-0.3, -0.25) is 14.6 Å². The van der Waals surface area contributed by atoms with Crippen LogP contribution in [-0.4, -0.2) is 79.7 Å². The summed E-state index contributed by atoms with van der Waals surface area (Å²) >= 11 is 0. The summed E-state index contributed by atoms with van der Waals surface area (Å²) in [5.41, 5.74) is 1.79. The summed E-state index contributed by atoms with van der Waals surface area (Å²) in [6, 6.07) is 11.8. The third kappa shape index (κ3) is 4.63. The SMILES string of the molecule is COCC(=O)N1CCO[C@](Cc2ccccc2-c2cccnc2)(C(=O)N(C)C)C1. The van der Waals surface area contributed by atoms with E-state index in [1.54, 1.807) is 31.4 Å². The molecule has 0 unspecified atom stereocenters.